The molecule has 0 spiro atoms. The lowest BCUT2D eigenvalue weighted by Gasteiger charge is -2.29. The summed E-state index contributed by atoms with van der Waals surface area (Å²) >= 11 is 8.57. The van der Waals surface area contributed by atoms with E-state index in [0.717, 1.165) is 4.90 Å². The van der Waals surface area contributed by atoms with Crippen LogP contribution in [0.4, 0.5) is 15.8 Å². The second-order valence-electron chi connectivity index (χ2n) is 7.66. The molecule has 0 radical (unpaired) electrons. The molecule has 0 aliphatic carbocycles. The summed E-state index contributed by atoms with van der Waals surface area (Å²) in [5.74, 6) is -1.65. The van der Waals surface area contributed by atoms with Gasteiger partial charge < -0.3 is 14.8 Å². The number of thiocarbonyl (C=S) groups is 1. The Morgan fingerprint density at radius 1 is 1.11 bits per heavy atom. The second kappa shape index (κ2) is 11.3. The fourth-order valence-electron chi connectivity index (χ4n) is 3.43. The molecule has 1 saturated heterocycles. The van der Waals surface area contributed by atoms with Gasteiger partial charge in [-0.25, -0.2) is 4.39 Å². The Morgan fingerprint density at radius 2 is 1.81 bits per heavy atom. The van der Waals surface area contributed by atoms with Crippen LogP contribution >= 0.6 is 28.1 Å². The van der Waals surface area contributed by atoms with Crippen molar-refractivity contribution in [3.63, 3.8) is 0 Å². The van der Waals surface area contributed by atoms with Gasteiger partial charge in [-0.3, -0.25) is 24.6 Å². The summed E-state index contributed by atoms with van der Waals surface area (Å²) in [6.45, 7) is -0.275. The molecule has 1 heterocycles. The number of carbonyl (C=O) groups is 3. The fourth-order valence-corrected chi connectivity index (χ4v) is 4.15. The van der Waals surface area contributed by atoms with E-state index in [2.05, 4.69) is 26.6 Å². The van der Waals surface area contributed by atoms with Gasteiger partial charge in [0.05, 0.1) is 12.8 Å². The predicted octanol–water partition coefficient (Wildman–Crippen LogP) is 4.45. The standard InChI is InChI=1S/C26H19BrFN3O5S/c1-35-21-12-15(20(27)13-22(21)36-14-23(32)29-17-5-3-2-4-6-17)11-19-24(33)30-26(37)31(25(19)34)18-9-7-16(28)8-10-18/h2-13H,14H2,1H3,(H,29,32)(H,30,33,37)/b19-11-. The Labute approximate surface area is 225 Å². The Balaban J connectivity index is 1.56. The van der Waals surface area contributed by atoms with E-state index in [4.69, 9.17) is 21.7 Å². The first-order valence-corrected chi connectivity index (χ1v) is 12.0. The van der Waals surface area contributed by atoms with Crippen molar-refractivity contribution >= 4 is 68.4 Å². The molecule has 1 fully saturated rings. The van der Waals surface area contributed by atoms with Gasteiger partial charge in [0.25, 0.3) is 17.7 Å². The Morgan fingerprint density at radius 3 is 2.49 bits per heavy atom. The van der Waals surface area contributed by atoms with Gasteiger partial charge in [-0.15, -0.1) is 0 Å². The molecule has 37 heavy (non-hydrogen) atoms. The van der Waals surface area contributed by atoms with E-state index >= 15 is 0 Å². The summed E-state index contributed by atoms with van der Waals surface area (Å²) in [6.07, 6.45) is 1.37. The zero-order chi connectivity index (χ0) is 26.5. The van der Waals surface area contributed by atoms with Crippen LogP contribution in [0.15, 0.2) is 76.8 Å². The molecule has 3 aromatic carbocycles. The largest absolute Gasteiger partial charge is 0.493 e. The Hall–Kier alpha value is -4.09. The van der Waals surface area contributed by atoms with Crippen LogP contribution in [-0.4, -0.2) is 36.6 Å². The molecule has 2 N–H and O–H groups in total. The first-order chi connectivity index (χ1) is 17.8. The van der Waals surface area contributed by atoms with Crippen LogP contribution in [0, 0.1) is 5.82 Å². The number of amides is 3. The number of ether oxygens (including phenoxy) is 2. The molecule has 0 aromatic heterocycles. The molecule has 3 amide bonds. The van der Waals surface area contributed by atoms with Crippen molar-refractivity contribution in [1.29, 1.82) is 0 Å². The van der Waals surface area contributed by atoms with Crippen molar-refractivity contribution in [2.24, 2.45) is 0 Å². The number of halogens is 2. The number of methoxy groups -OCH3 is 1. The normalized spacial score (nSPS) is 14.4. The molecule has 0 atom stereocenters. The number of benzene rings is 3. The van der Waals surface area contributed by atoms with Crippen molar-refractivity contribution in [3.05, 3.63) is 88.2 Å². The number of carbonyl (C=O) groups excluding carboxylic acids is 3. The third-order valence-corrected chi connectivity index (χ3v) is 6.16. The molecule has 188 valence electrons. The summed E-state index contributed by atoms with van der Waals surface area (Å²) in [7, 11) is 1.42. The highest BCUT2D eigenvalue weighted by atomic mass is 79.9. The molecule has 8 nitrogen and oxygen atoms in total. The molecule has 4 rings (SSSR count). The van der Waals surface area contributed by atoms with Crippen molar-refractivity contribution in [1.82, 2.24) is 5.32 Å². The van der Waals surface area contributed by atoms with Gasteiger partial charge in [-0.2, -0.15) is 0 Å². The maximum Gasteiger partial charge on any atom is 0.270 e. The monoisotopic (exact) mass is 583 g/mol. The number of nitrogens with one attached hydrogen (secondary N) is 2. The van der Waals surface area contributed by atoms with Gasteiger partial charge in [-0.1, -0.05) is 34.1 Å². The number of rotatable bonds is 7. The minimum Gasteiger partial charge on any atom is -0.493 e. The highest BCUT2D eigenvalue weighted by Gasteiger charge is 2.34. The molecule has 0 unspecified atom stereocenters. The molecule has 11 heteroatoms. The van der Waals surface area contributed by atoms with Crippen LogP contribution in [0.1, 0.15) is 5.56 Å². The second-order valence-corrected chi connectivity index (χ2v) is 8.90. The smallest absolute Gasteiger partial charge is 0.270 e. The number of hydrogen-bond donors (Lipinski definition) is 2. The van der Waals surface area contributed by atoms with Crippen molar-refractivity contribution in [2.45, 2.75) is 0 Å². The van der Waals surface area contributed by atoms with Gasteiger partial charge in [-0.05, 0) is 72.4 Å². The molecule has 3 aromatic rings. The molecule has 1 aliphatic heterocycles. The van der Waals surface area contributed by atoms with Gasteiger partial charge >= 0.3 is 0 Å². The predicted molar refractivity (Wildman–Crippen MR) is 144 cm³/mol. The lowest BCUT2D eigenvalue weighted by atomic mass is 10.1. The summed E-state index contributed by atoms with van der Waals surface area (Å²) in [5.41, 5.74) is 1.17. The first-order valence-electron chi connectivity index (χ1n) is 10.8. The highest BCUT2D eigenvalue weighted by molar-refractivity contribution is 9.10. The lowest BCUT2D eigenvalue weighted by molar-refractivity contribution is -0.122. The van der Waals surface area contributed by atoms with E-state index < -0.39 is 17.6 Å². The Kier molecular flexibility index (Phi) is 7.95. The van der Waals surface area contributed by atoms with Crippen LogP contribution in [0.5, 0.6) is 11.5 Å². The average Bonchev–Trinajstić information content (AvgIpc) is 2.87. The highest BCUT2D eigenvalue weighted by Crippen LogP contribution is 2.35. The number of para-hydroxylation sites is 1. The van der Waals surface area contributed by atoms with E-state index in [1.807, 2.05) is 6.07 Å². The van der Waals surface area contributed by atoms with Gasteiger partial charge in [0.15, 0.2) is 23.2 Å². The number of nitrogens with zero attached hydrogens (tertiary/aromatic N) is 1. The van der Waals surface area contributed by atoms with Crippen LogP contribution in [0.3, 0.4) is 0 Å². The molecular formula is C26H19BrFN3O5S. The summed E-state index contributed by atoms with van der Waals surface area (Å²) in [4.78, 5) is 39.2. The van der Waals surface area contributed by atoms with Gasteiger partial charge in [0.2, 0.25) is 0 Å². The summed E-state index contributed by atoms with van der Waals surface area (Å²) < 4.78 is 24.9. The van der Waals surface area contributed by atoms with Gasteiger partial charge in [0.1, 0.15) is 11.4 Å². The van der Waals surface area contributed by atoms with E-state index in [0.29, 0.717) is 21.4 Å². The molecule has 0 saturated carbocycles. The van der Waals surface area contributed by atoms with Crippen molar-refractivity contribution in [3.8, 4) is 11.5 Å². The number of anilines is 2. The quantitative estimate of drug-likeness (QED) is 0.242. The topological polar surface area (TPSA) is 97.0 Å². The molecular weight excluding hydrogens is 565 g/mol. The van der Waals surface area contributed by atoms with E-state index in [-0.39, 0.29) is 34.7 Å². The average molecular weight is 584 g/mol. The van der Waals surface area contributed by atoms with E-state index in [9.17, 15) is 18.8 Å². The SMILES string of the molecule is COc1cc(/C=C2/C(=O)NC(=S)N(c3ccc(F)cc3)C2=O)c(Br)cc1OCC(=O)Nc1ccccc1. The van der Waals surface area contributed by atoms with E-state index in [1.165, 1.54) is 37.5 Å². The third-order valence-electron chi connectivity index (χ3n) is 5.19. The number of hydrogen-bond acceptors (Lipinski definition) is 6. The van der Waals surface area contributed by atoms with E-state index in [1.54, 1.807) is 36.4 Å². The van der Waals surface area contributed by atoms with Gasteiger partial charge in [0, 0.05) is 10.2 Å². The van der Waals surface area contributed by atoms with Crippen molar-refractivity contribution < 1.29 is 28.2 Å². The minimum absolute atomic E-state index is 0.118. The molecule has 0 bridgehead atoms. The maximum atomic E-state index is 13.4. The van der Waals surface area contributed by atoms with Crippen LogP contribution < -0.4 is 25.0 Å². The minimum atomic E-state index is -0.683. The zero-order valence-electron chi connectivity index (χ0n) is 19.3. The summed E-state index contributed by atoms with van der Waals surface area (Å²) in [6, 6.07) is 17.2. The third kappa shape index (κ3) is 6.01. The molecule has 1 aliphatic rings. The van der Waals surface area contributed by atoms with Crippen LogP contribution in [-0.2, 0) is 14.4 Å². The summed E-state index contributed by atoms with van der Waals surface area (Å²) in [5, 5.41) is 5.08. The van der Waals surface area contributed by atoms with Crippen LogP contribution in [0.2, 0.25) is 0 Å². The zero-order valence-corrected chi connectivity index (χ0v) is 21.7. The lowest BCUT2D eigenvalue weighted by Crippen LogP contribution is -2.54. The van der Waals surface area contributed by atoms with Crippen molar-refractivity contribution in [2.75, 3.05) is 23.9 Å². The van der Waals surface area contributed by atoms with Crippen LogP contribution in [0.25, 0.3) is 6.08 Å². The first kappa shape index (κ1) is 26.0. The Bertz CT molecular complexity index is 1410. The fraction of sp³-hybridized carbons (Fsp3) is 0.0769. The maximum absolute atomic E-state index is 13.4.